The van der Waals surface area contributed by atoms with Crippen LogP contribution >= 0.6 is 0 Å². The first-order valence-electron chi connectivity index (χ1n) is 10.5. The molecule has 0 aliphatic carbocycles. The van der Waals surface area contributed by atoms with Gasteiger partial charge in [-0.3, -0.25) is 18.2 Å². The molecule has 16 nitrogen and oxygen atoms in total. The van der Waals surface area contributed by atoms with E-state index < -0.39 is 76.3 Å². The Kier molecular flexibility index (Phi) is 6.08. The Morgan fingerprint density at radius 1 is 0.725 bits per heavy atom. The Morgan fingerprint density at radius 2 is 1.32 bits per heavy atom. The van der Waals surface area contributed by atoms with Crippen molar-refractivity contribution in [2.75, 3.05) is 0 Å². The molecule has 20 heteroatoms. The number of hydrogen-bond acceptors (Lipinski definition) is 10. The van der Waals surface area contributed by atoms with Crippen molar-refractivity contribution in [3.8, 4) is 5.69 Å². The molecule has 4 aromatic rings. The van der Waals surface area contributed by atoms with Gasteiger partial charge < -0.3 is 0 Å². The van der Waals surface area contributed by atoms with Gasteiger partial charge in [-0.2, -0.15) is 30.2 Å². The van der Waals surface area contributed by atoms with Crippen LogP contribution in [0.3, 0.4) is 0 Å². The molecular formula is C20H15N4O12S4+. The fourth-order valence-electron chi connectivity index (χ4n) is 4.30. The Labute approximate surface area is 226 Å². The van der Waals surface area contributed by atoms with Crippen LogP contribution in [0.15, 0.2) is 80.6 Å². The number of fused-ring (bicyclic) bond motifs is 2. The molecule has 3 aromatic carbocycles. The quantitative estimate of drug-likeness (QED) is 0.175. The minimum Gasteiger partial charge on any atom is -0.296 e. The lowest BCUT2D eigenvalue weighted by Crippen LogP contribution is -2.46. The summed E-state index contributed by atoms with van der Waals surface area (Å²) >= 11 is 0. The zero-order valence-corrected chi connectivity index (χ0v) is 22.6. The molecule has 1 aliphatic rings. The minimum atomic E-state index is -5.58. The van der Waals surface area contributed by atoms with Gasteiger partial charge in [-0.25, -0.2) is 9.54 Å². The topological polar surface area (TPSA) is 248 Å². The average Bonchev–Trinajstić information content (AvgIpc) is 3.43. The molecular weight excluding hydrogens is 617 g/mol. The Hall–Kier alpha value is -3.60. The smallest absolute Gasteiger partial charge is 0.296 e. The summed E-state index contributed by atoms with van der Waals surface area (Å²) in [4.78, 5) is 4.50. The van der Waals surface area contributed by atoms with E-state index in [4.69, 9.17) is 0 Å². The van der Waals surface area contributed by atoms with E-state index >= 15 is 0 Å². The molecule has 1 aromatic heterocycles. The summed E-state index contributed by atoms with van der Waals surface area (Å²) in [5, 5.41) is 0. The van der Waals surface area contributed by atoms with Crippen LogP contribution in [-0.4, -0.2) is 67.8 Å². The van der Waals surface area contributed by atoms with Crippen molar-refractivity contribution >= 4 is 75.1 Å². The van der Waals surface area contributed by atoms with Gasteiger partial charge in [0, 0.05) is 18.2 Å². The lowest BCUT2D eigenvalue weighted by Gasteiger charge is -2.27. The maximum atomic E-state index is 12.9. The average molecular weight is 632 g/mol. The maximum absolute atomic E-state index is 12.9. The monoisotopic (exact) mass is 631 g/mol. The van der Waals surface area contributed by atoms with Crippen LogP contribution in [-0.2, 0) is 40.7 Å². The molecule has 5 rings (SSSR count). The fourth-order valence-corrected chi connectivity index (χ4v) is 7.24. The summed E-state index contributed by atoms with van der Waals surface area (Å²) in [7, 11) is -21.4. The predicted octanol–water partition coefficient (Wildman–Crippen LogP) is 1.88. The normalized spacial score (nSPS) is 17.8. The summed E-state index contributed by atoms with van der Waals surface area (Å²) in [6.45, 7) is 0. The fraction of sp³-hybridized carbons (Fsp3) is 0. The lowest BCUT2D eigenvalue weighted by atomic mass is 10.2. The highest BCUT2D eigenvalue weighted by atomic mass is 32.2. The van der Waals surface area contributed by atoms with Crippen LogP contribution in [0, 0.1) is 0 Å². The highest BCUT2D eigenvalue weighted by molar-refractivity contribution is 7.87. The molecule has 0 radical (unpaired) electrons. The molecule has 0 bridgehead atoms. The largest absolute Gasteiger partial charge is 0.448 e. The highest BCUT2D eigenvalue weighted by Crippen LogP contribution is 2.49. The van der Waals surface area contributed by atoms with Crippen molar-refractivity contribution in [1.29, 1.82) is 0 Å². The van der Waals surface area contributed by atoms with Gasteiger partial charge in [0.2, 0.25) is 6.34 Å². The van der Waals surface area contributed by atoms with Gasteiger partial charge in [0.05, 0.1) is 16.7 Å². The number of aliphatic imine (C=N–C) groups is 1. The zero-order chi connectivity index (χ0) is 29.5. The zero-order valence-electron chi connectivity index (χ0n) is 19.3. The summed E-state index contributed by atoms with van der Waals surface area (Å²) in [6, 6.07) is 9.36. The van der Waals surface area contributed by atoms with E-state index in [9.17, 15) is 51.9 Å². The second-order valence-electron chi connectivity index (χ2n) is 8.32. The van der Waals surface area contributed by atoms with E-state index in [0.717, 1.165) is 23.0 Å². The number of imidazole rings is 1. The van der Waals surface area contributed by atoms with Crippen LogP contribution in [0.2, 0.25) is 0 Å². The van der Waals surface area contributed by atoms with E-state index in [1.807, 2.05) is 0 Å². The number of quaternary nitrogens is 1. The number of benzene rings is 3. The third-order valence-corrected chi connectivity index (χ3v) is 9.80. The van der Waals surface area contributed by atoms with Crippen molar-refractivity contribution < 1.29 is 51.9 Å². The Morgan fingerprint density at radius 3 is 1.88 bits per heavy atom. The highest BCUT2D eigenvalue weighted by Gasteiger charge is 2.52. The molecule has 0 fully saturated rings. The SMILES string of the molecule is O=S(=O)(O)c1ccc2c(c1)[N+](c1cc(S(=O)(=O)O)c(-n3cnc4ccccc43)c(S(=O)(=O)O)c1)(S(=O)(=O)O)C=N2. The van der Waals surface area contributed by atoms with Gasteiger partial charge in [0.25, 0.3) is 30.4 Å². The molecule has 1 atom stereocenters. The summed E-state index contributed by atoms with van der Waals surface area (Å²) in [6.07, 6.45) is 1.50. The molecule has 210 valence electrons. The van der Waals surface area contributed by atoms with Crippen LogP contribution < -0.4 is 3.89 Å². The summed E-state index contributed by atoms with van der Waals surface area (Å²) in [5.74, 6) is 0. The van der Waals surface area contributed by atoms with Crippen molar-refractivity contribution in [2.45, 2.75) is 14.7 Å². The van der Waals surface area contributed by atoms with Crippen molar-refractivity contribution in [1.82, 2.24) is 13.4 Å². The maximum Gasteiger partial charge on any atom is 0.448 e. The van der Waals surface area contributed by atoms with Gasteiger partial charge in [-0.05, 0) is 24.3 Å². The van der Waals surface area contributed by atoms with Gasteiger partial charge in [-0.1, -0.05) is 16.0 Å². The van der Waals surface area contributed by atoms with Gasteiger partial charge >= 0.3 is 10.3 Å². The van der Waals surface area contributed by atoms with Crippen LogP contribution in [0.5, 0.6) is 0 Å². The molecule has 40 heavy (non-hydrogen) atoms. The van der Waals surface area contributed by atoms with E-state index in [0.29, 0.717) is 24.5 Å². The second-order valence-corrected chi connectivity index (χ2v) is 14.0. The molecule has 4 N–H and O–H groups in total. The van der Waals surface area contributed by atoms with E-state index in [1.54, 1.807) is 6.07 Å². The molecule has 2 heterocycles. The van der Waals surface area contributed by atoms with Gasteiger partial charge in [0.15, 0.2) is 11.4 Å². The number of para-hydroxylation sites is 2. The second kappa shape index (κ2) is 8.70. The van der Waals surface area contributed by atoms with Crippen LogP contribution in [0.25, 0.3) is 16.7 Å². The third-order valence-electron chi connectivity index (χ3n) is 5.98. The Balaban J connectivity index is 1.98. The number of aromatic nitrogens is 2. The number of hydrogen-bond donors (Lipinski definition) is 4. The lowest BCUT2D eigenvalue weighted by molar-refractivity contribution is 0.448. The van der Waals surface area contributed by atoms with Crippen molar-refractivity contribution in [3.05, 3.63) is 60.9 Å². The molecule has 1 unspecified atom stereocenters. The predicted molar refractivity (Wildman–Crippen MR) is 138 cm³/mol. The first-order valence-corrected chi connectivity index (χ1v) is 16.2. The molecule has 0 saturated carbocycles. The Bertz CT molecular complexity index is 2170. The molecule has 1 aliphatic heterocycles. The van der Waals surface area contributed by atoms with E-state index in [-0.39, 0.29) is 16.7 Å². The molecule has 0 saturated heterocycles. The summed E-state index contributed by atoms with van der Waals surface area (Å²) in [5.41, 5.74) is -2.38. The standard InChI is InChI=1S/C20H14N4O12S4/c25-37(26,27)13-5-6-15-17(9-13)24(11-22-15,40(34,35)36)12-7-18(38(28,29)30)20(19(8-12)39(31,32)33)23-10-21-14-3-1-2-4-16(14)23/h1-11H,(H3-,25,26,27,28,29,30,31,32,33,34,35,36)/p+1. The molecule has 0 amide bonds. The van der Waals surface area contributed by atoms with Crippen LogP contribution in [0.1, 0.15) is 0 Å². The number of nitrogens with zero attached hydrogens (tertiary/aromatic N) is 4. The van der Waals surface area contributed by atoms with Gasteiger partial charge in [-0.15, -0.1) is 8.42 Å². The van der Waals surface area contributed by atoms with E-state index in [1.165, 1.54) is 18.2 Å². The first-order chi connectivity index (χ1) is 18.4. The van der Waals surface area contributed by atoms with E-state index in [2.05, 4.69) is 9.98 Å². The van der Waals surface area contributed by atoms with Crippen molar-refractivity contribution in [3.63, 3.8) is 0 Å². The van der Waals surface area contributed by atoms with Gasteiger partial charge in [0.1, 0.15) is 26.7 Å². The summed E-state index contributed by atoms with van der Waals surface area (Å²) < 4.78 is 139. The molecule has 0 spiro atoms. The number of rotatable bonds is 6. The minimum absolute atomic E-state index is 0.120. The van der Waals surface area contributed by atoms with Crippen LogP contribution in [0.4, 0.5) is 17.1 Å². The third kappa shape index (κ3) is 4.31. The van der Waals surface area contributed by atoms with Crippen molar-refractivity contribution in [2.24, 2.45) is 4.99 Å². The first kappa shape index (κ1) is 27.9.